The molecule has 0 aliphatic heterocycles. The zero-order valence-electron chi connectivity index (χ0n) is 17.8. The third-order valence-corrected chi connectivity index (χ3v) is 5.77. The number of benzene rings is 3. The fraction of sp³-hybridized carbons (Fsp3) is 0.120. The van der Waals surface area contributed by atoms with Crippen LogP contribution in [0.5, 0.6) is 0 Å². The summed E-state index contributed by atoms with van der Waals surface area (Å²) < 4.78 is 1.96. The van der Waals surface area contributed by atoms with Gasteiger partial charge in [-0.1, -0.05) is 71.9 Å². The summed E-state index contributed by atoms with van der Waals surface area (Å²) in [5.41, 5.74) is 4.18. The predicted octanol–water partition coefficient (Wildman–Crippen LogP) is 5.18. The van der Waals surface area contributed by atoms with E-state index in [2.05, 4.69) is 15.5 Å². The molecule has 1 heterocycles. The van der Waals surface area contributed by atoms with Gasteiger partial charge in [-0.15, -0.1) is 10.2 Å². The second kappa shape index (κ2) is 9.62. The second-order valence-electron chi connectivity index (χ2n) is 7.32. The van der Waals surface area contributed by atoms with Crippen molar-refractivity contribution in [2.45, 2.75) is 19.0 Å². The molecular formula is C25H22N4O2S. The van der Waals surface area contributed by atoms with Crippen molar-refractivity contribution >= 4 is 29.1 Å². The summed E-state index contributed by atoms with van der Waals surface area (Å²) >= 11 is 1.31. The van der Waals surface area contributed by atoms with Crippen molar-refractivity contribution in [1.82, 2.24) is 14.8 Å². The molecular weight excluding hydrogens is 420 g/mol. The number of nitrogens with one attached hydrogen (secondary N) is 1. The van der Waals surface area contributed by atoms with Crippen LogP contribution in [0.2, 0.25) is 0 Å². The molecule has 6 nitrogen and oxygen atoms in total. The highest BCUT2D eigenvalue weighted by Gasteiger charge is 2.17. The van der Waals surface area contributed by atoms with Crippen molar-refractivity contribution in [3.63, 3.8) is 0 Å². The van der Waals surface area contributed by atoms with Crippen LogP contribution >= 0.6 is 11.8 Å². The van der Waals surface area contributed by atoms with Crippen molar-refractivity contribution in [2.24, 2.45) is 0 Å². The van der Waals surface area contributed by atoms with Gasteiger partial charge < -0.3 is 5.32 Å². The molecule has 1 aromatic heterocycles. The number of thioether (sulfide) groups is 1. The third-order valence-electron chi connectivity index (χ3n) is 4.84. The lowest BCUT2D eigenvalue weighted by Crippen LogP contribution is -2.15. The van der Waals surface area contributed by atoms with E-state index in [0.717, 1.165) is 11.3 Å². The average molecular weight is 443 g/mol. The third kappa shape index (κ3) is 4.95. The Labute approximate surface area is 190 Å². The molecule has 0 saturated heterocycles. The Morgan fingerprint density at radius 2 is 1.69 bits per heavy atom. The molecule has 0 unspecified atom stereocenters. The number of Topliss-reactive ketones (excluding diaryl/α,β-unsaturated/α-hetero) is 1. The van der Waals surface area contributed by atoms with Crippen molar-refractivity contribution < 1.29 is 9.59 Å². The molecule has 4 aromatic rings. The molecule has 160 valence electrons. The Kier molecular flexibility index (Phi) is 6.47. The molecule has 4 rings (SSSR count). The SMILES string of the molecule is CC(=O)c1cccc(NC(=O)CSc2nnc(-c3ccc(C)cc3)n2-c2ccccc2)c1. The van der Waals surface area contributed by atoms with Crippen LogP contribution < -0.4 is 5.32 Å². The van der Waals surface area contributed by atoms with Crippen molar-refractivity contribution in [3.05, 3.63) is 90.0 Å². The largest absolute Gasteiger partial charge is 0.325 e. The number of rotatable bonds is 7. The van der Waals surface area contributed by atoms with Crippen LogP contribution in [0.1, 0.15) is 22.8 Å². The summed E-state index contributed by atoms with van der Waals surface area (Å²) in [7, 11) is 0. The quantitative estimate of drug-likeness (QED) is 0.315. The fourth-order valence-corrected chi connectivity index (χ4v) is 3.96. The highest BCUT2D eigenvalue weighted by atomic mass is 32.2. The van der Waals surface area contributed by atoms with Crippen LogP contribution in [0.25, 0.3) is 17.1 Å². The molecule has 0 atom stereocenters. The molecule has 0 fully saturated rings. The normalized spacial score (nSPS) is 10.7. The van der Waals surface area contributed by atoms with Gasteiger partial charge in [0.25, 0.3) is 0 Å². The Morgan fingerprint density at radius 1 is 0.938 bits per heavy atom. The molecule has 0 spiro atoms. The summed E-state index contributed by atoms with van der Waals surface area (Å²) in [4.78, 5) is 24.1. The molecule has 7 heteroatoms. The van der Waals surface area contributed by atoms with Gasteiger partial charge in [0, 0.05) is 22.5 Å². The molecule has 0 bridgehead atoms. The zero-order valence-corrected chi connectivity index (χ0v) is 18.6. The molecule has 0 saturated carbocycles. The summed E-state index contributed by atoms with van der Waals surface area (Å²) in [6, 6.07) is 24.8. The maximum absolute atomic E-state index is 12.6. The van der Waals surface area contributed by atoms with Crippen LogP contribution in [0.4, 0.5) is 5.69 Å². The Morgan fingerprint density at radius 3 is 2.41 bits per heavy atom. The minimum Gasteiger partial charge on any atom is -0.325 e. The van der Waals surface area contributed by atoms with Gasteiger partial charge in [0.2, 0.25) is 5.91 Å². The maximum Gasteiger partial charge on any atom is 0.234 e. The number of hydrogen-bond acceptors (Lipinski definition) is 5. The standard InChI is InChI=1S/C25H22N4O2S/c1-17-11-13-19(14-12-17)24-27-28-25(29(24)22-9-4-3-5-10-22)32-16-23(31)26-21-8-6-7-20(15-21)18(2)30/h3-15H,16H2,1-2H3,(H,26,31). The van der Waals surface area contributed by atoms with E-state index in [0.29, 0.717) is 22.2 Å². The first-order valence-corrected chi connectivity index (χ1v) is 11.1. The zero-order chi connectivity index (χ0) is 22.5. The minimum absolute atomic E-state index is 0.0462. The lowest BCUT2D eigenvalue weighted by molar-refractivity contribution is -0.113. The first-order chi connectivity index (χ1) is 15.5. The first kappa shape index (κ1) is 21.5. The van der Waals surface area contributed by atoms with E-state index in [-0.39, 0.29) is 17.4 Å². The van der Waals surface area contributed by atoms with Gasteiger partial charge in [0.15, 0.2) is 16.8 Å². The number of para-hydroxylation sites is 1. The number of aromatic nitrogens is 3. The second-order valence-corrected chi connectivity index (χ2v) is 8.26. The topological polar surface area (TPSA) is 76.9 Å². The number of carbonyl (C=O) groups excluding carboxylic acids is 2. The van der Waals surface area contributed by atoms with Crippen LogP contribution in [0, 0.1) is 6.92 Å². The monoisotopic (exact) mass is 442 g/mol. The minimum atomic E-state index is -0.185. The number of aryl methyl sites for hydroxylation is 1. The summed E-state index contributed by atoms with van der Waals surface area (Å²) in [6.07, 6.45) is 0. The molecule has 3 aromatic carbocycles. The van der Waals surface area contributed by atoms with Crippen LogP contribution in [-0.2, 0) is 4.79 Å². The predicted molar refractivity (Wildman–Crippen MR) is 127 cm³/mol. The lowest BCUT2D eigenvalue weighted by atomic mass is 10.1. The van der Waals surface area contributed by atoms with E-state index >= 15 is 0 Å². The van der Waals surface area contributed by atoms with Gasteiger partial charge in [-0.2, -0.15) is 0 Å². The smallest absolute Gasteiger partial charge is 0.234 e. The summed E-state index contributed by atoms with van der Waals surface area (Å²) in [6.45, 7) is 3.54. The van der Waals surface area contributed by atoms with Gasteiger partial charge in [0.05, 0.1) is 5.75 Å². The highest BCUT2D eigenvalue weighted by Crippen LogP contribution is 2.28. The number of amides is 1. The molecule has 32 heavy (non-hydrogen) atoms. The van der Waals surface area contributed by atoms with E-state index < -0.39 is 0 Å². The summed E-state index contributed by atoms with van der Waals surface area (Å²) in [5, 5.41) is 12.2. The Hall–Kier alpha value is -3.71. The van der Waals surface area contributed by atoms with Gasteiger partial charge >= 0.3 is 0 Å². The van der Waals surface area contributed by atoms with Crippen molar-refractivity contribution in [1.29, 1.82) is 0 Å². The van der Waals surface area contributed by atoms with Crippen LogP contribution in [-0.4, -0.2) is 32.2 Å². The number of anilines is 1. The highest BCUT2D eigenvalue weighted by molar-refractivity contribution is 7.99. The Balaban J connectivity index is 1.56. The van der Waals surface area contributed by atoms with Gasteiger partial charge in [0.1, 0.15) is 0 Å². The maximum atomic E-state index is 12.6. The average Bonchev–Trinajstić information content (AvgIpc) is 3.23. The van der Waals surface area contributed by atoms with Crippen LogP contribution in [0.15, 0.2) is 84.0 Å². The van der Waals surface area contributed by atoms with Gasteiger partial charge in [-0.05, 0) is 38.1 Å². The number of nitrogens with zero attached hydrogens (tertiary/aromatic N) is 3. The molecule has 1 amide bonds. The molecule has 0 radical (unpaired) electrons. The van der Waals surface area contributed by atoms with Crippen molar-refractivity contribution in [2.75, 3.05) is 11.1 Å². The molecule has 0 aliphatic carbocycles. The molecule has 1 N–H and O–H groups in total. The van der Waals surface area contributed by atoms with E-state index in [4.69, 9.17) is 0 Å². The van der Waals surface area contributed by atoms with E-state index in [1.165, 1.54) is 24.2 Å². The lowest BCUT2D eigenvalue weighted by Gasteiger charge is -2.11. The molecule has 0 aliphatic rings. The first-order valence-electron chi connectivity index (χ1n) is 10.1. The fourth-order valence-electron chi connectivity index (χ4n) is 3.21. The summed E-state index contributed by atoms with van der Waals surface area (Å²) in [5.74, 6) is 0.641. The number of ketones is 1. The Bertz CT molecular complexity index is 1250. The van der Waals surface area contributed by atoms with E-state index in [1.807, 2.05) is 66.1 Å². The number of carbonyl (C=O) groups is 2. The van der Waals surface area contributed by atoms with Crippen LogP contribution in [0.3, 0.4) is 0 Å². The van der Waals surface area contributed by atoms with Gasteiger partial charge in [-0.25, -0.2) is 0 Å². The number of hydrogen-bond donors (Lipinski definition) is 1. The van der Waals surface area contributed by atoms with E-state index in [9.17, 15) is 9.59 Å². The van der Waals surface area contributed by atoms with Gasteiger partial charge in [-0.3, -0.25) is 14.2 Å². The van der Waals surface area contributed by atoms with E-state index in [1.54, 1.807) is 24.3 Å². The van der Waals surface area contributed by atoms with Crippen molar-refractivity contribution in [3.8, 4) is 17.1 Å².